The fraction of sp³-hybridized carbons (Fsp3) is 0.727. The van der Waals surface area contributed by atoms with Crippen LogP contribution >= 0.6 is 11.6 Å². The van der Waals surface area contributed by atoms with Gasteiger partial charge in [-0.05, 0) is 30.7 Å². The predicted octanol–water partition coefficient (Wildman–Crippen LogP) is 3.01. The molecule has 1 aromatic heterocycles. The molecule has 0 saturated heterocycles. The third-order valence-electron chi connectivity index (χ3n) is 3.08. The van der Waals surface area contributed by atoms with Gasteiger partial charge in [-0.15, -0.1) is 11.6 Å². The molecule has 2 nitrogen and oxygen atoms in total. The van der Waals surface area contributed by atoms with Crippen molar-refractivity contribution in [3.8, 4) is 0 Å². The Morgan fingerprint density at radius 2 is 2.29 bits per heavy atom. The minimum Gasteiger partial charge on any atom is -0.273 e. The molecule has 0 aliphatic rings. The van der Waals surface area contributed by atoms with Gasteiger partial charge in [-0.3, -0.25) is 4.68 Å². The lowest BCUT2D eigenvalue weighted by molar-refractivity contribution is 0.325. The minimum atomic E-state index is 0.270. The number of hydrogen-bond acceptors (Lipinski definition) is 1. The van der Waals surface area contributed by atoms with Crippen molar-refractivity contribution >= 4 is 11.6 Å². The van der Waals surface area contributed by atoms with Gasteiger partial charge in [0.1, 0.15) is 0 Å². The molecule has 1 rings (SSSR count). The van der Waals surface area contributed by atoms with Crippen molar-refractivity contribution in [2.75, 3.05) is 5.88 Å². The summed E-state index contributed by atoms with van der Waals surface area (Å²) in [6.07, 6.45) is 5.17. The van der Waals surface area contributed by atoms with Gasteiger partial charge in [-0.2, -0.15) is 5.10 Å². The van der Waals surface area contributed by atoms with E-state index in [1.807, 2.05) is 17.9 Å². The van der Waals surface area contributed by atoms with Crippen LogP contribution in [0.2, 0.25) is 0 Å². The second-order valence-corrected chi connectivity index (χ2v) is 4.51. The molecule has 0 N–H and O–H groups in total. The fourth-order valence-corrected chi connectivity index (χ4v) is 1.74. The normalized spacial score (nSPS) is 15.4. The lowest BCUT2D eigenvalue weighted by atomic mass is 9.84. The van der Waals surface area contributed by atoms with Crippen LogP contribution in [0.25, 0.3) is 0 Å². The molecule has 0 aromatic carbocycles. The van der Waals surface area contributed by atoms with E-state index >= 15 is 0 Å². The highest BCUT2D eigenvalue weighted by Crippen LogP contribution is 2.28. The number of aromatic nitrogens is 2. The van der Waals surface area contributed by atoms with Crippen molar-refractivity contribution < 1.29 is 0 Å². The smallest absolute Gasteiger partial charge is 0.0492 e. The molecule has 1 unspecified atom stereocenters. The molecule has 0 aliphatic carbocycles. The number of aryl methyl sites for hydroxylation is 2. The first-order valence-corrected chi connectivity index (χ1v) is 5.67. The summed E-state index contributed by atoms with van der Waals surface area (Å²) in [4.78, 5) is 0. The average molecular weight is 215 g/mol. The van der Waals surface area contributed by atoms with Gasteiger partial charge in [0.15, 0.2) is 0 Å². The second-order valence-electron chi connectivity index (χ2n) is 4.24. The molecule has 14 heavy (non-hydrogen) atoms. The molecular formula is C11H19ClN2. The highest BCUT2D eigenvalue weighted by atomic mass is 35.5. The monoisotopic (exact) mass is 214 g/mol. The van der Waals surface area contributed by atoms with Gasteiger partial charge in [0, 0.05) is 24.8 Å². The van der Waals surface area contributed by atoms with E-state index in [9.17, 15) is 0 Å². The summed E-state index contributed by atoms with van der Waals surface area (Å²) < 4.78 is 1.93. The zero-order valence-electron chi connectivity index (χ0n) is 9.26. The summed E-state index contributed by atoms with van der Waals surface area (Å²) in [7, 11) is 1.99. The molecule has 0 saturated carbocycles. The van der Waals surface area contributed by atoms with E-state index < -0.39 is 0 Å². The maximum absolute atomic E-state index is 5.97. The Hall–Kier alpha value is -0.500. The van der Waals surface area contributed by atoms with Crippen molar-refractivity contribution in [1.29, 1.82) is 0 Å². The Kier molecular flexibility index (Phi) is 3.99. The second kappa shape index (κ2) is 4.83. The van der Waals surface area contributed by atoms with Crippen LogP contribution in [0.5, 0.6) is 0 Å². The minimum absolute atomic E-state index is 0.270. The van der Waals surface area contributed by atoms with Gasteiger partial charge in [0.2, 0.25) is 0 Å². The SMILES string of the molecule is CCC(C)(CCl)CCc1ccnn1C. The number of alkyl halides is 1. The quantitative estimate of drug-likeness (QED) is 0.690. The van der Waals surface area contributed by atoms with E-state index in [0.29, 0.717) is 0 Å². The standard InChI is InChI=1S/C11H19ClN2/c1-4-11(2,9-12)7-5-10-6-8-13-14(10)3/h6,8H,4-5,7,9H2,1-3H3. The van der Waals surface area contributed by atoms with Crippen LogP contribution in [0.4, 0.5) is 0 Å². The summed E-state index contributed by atoms with van der Waals surface area (Å²) in [6, 6.07) is 2.07. The topological polar surface area (TPSA) is 17.8 Å². The number of rotatable bonds is 5. The first kappa shape index (κ1) is 11.6. The molecule has 0 amide bonds. The van der Waals surface area contributed by atoms with Crippen LogP contribution < -0.4 is 0 Å². The molecule has 0 bridgehead atoms. The fourth-order valence-electron chi connectivity index (χ4n) is 1.41. The number of nitrogens with zero attached hydrogens (tertiary/aromatic N) is 2. The van der Waals surface area contributed by atoms with E-state index in [4.69, 9.17) is 11.6 Å². The third kappa shape index (κ3) is 2.74. The summed E-state index contributed by atoms with van der Waals surface area (Å²) in [5, 5.41) is 4.15. The van der Waals surface area contributed by atoms with Crippen LogP contribution in [0.3, 0.4) is 0 Å². The Morgan fingerprint density at radius 3 is 2.71 bits per heavy atom. The van der Waals surface area contributed by atoms with Gasteiger partial charge >= 0.3 is 0 Å². The maximum atomic E-state index is 5.97. The Morgan fingerprint density at radius 1 is 1.57 bits per heavy atom. The molecule has 0 spiro atoms. The lowest BCUT2D eigenvalue weighted by Crippen LogP contribution is -2.18. The molecular weight excluding hydrogens is 196 g/mol. The molecule has 0 fully saturated rings. The Labute approximate surface area is 91.3 Å². The molecule has 3 heteroatoms. The third-order valence-corrected chi connectivity index (χ3v) is 3.73. The summed E-state index contributed by atoms with van der Waals surface area (Å²) in [6.45, 7) is 4.45. The van der Waals surface area contributed by atoms with Gasteiger partial charge in [-0.25, -0.2) is 0 Å². The van der Waals surface area contributed by atoms with E-state index in [1.165, 1.54) is 5.69 Å². The number of halogens is 1. The zero-order valence-corrected chi connectivity index (χ0v) is 10.0. The number of hydrogen-bond donors (Lipinski definition) is 0. The molecule has 1 atom stereocenters. The van der Waals surface area contributed by atoms with Gasteiger partial charge in [-0.1, -0.05) is 13.8 Å². The van der Waals surface area contributed by atoms with Gasteiger partial charge in [0.25, 0.3) is 0 Å². The summed E-state index contributed by atoms with van der Waals surface area (Å²) in [5.41, 5.74) is 1.56. The zero-order chi connectivity index (χ0) is 10.6. The highest BCUT2D eigenvalue weighted by Gasteiger charge is 2.20. The van der Waals surface area contributed by atoms with E-state index in [1.54, 1.807) is 0 Å². The van der Waals surface area contributed by atoms with Crippen molar-refractivity contribution in [3.05, 3.63) is 18.0 Å². The van der Waals surface area contributed by atoms with Crippen LogP contribution in [0.15, 0.2) is 12.3 Å². The van der Waals surface area contributed by atoms with Crippen molar-refractivity contribution in [1.82, 2.24) is 9.78 Å². The largest absolute Gasteiger partial charge is 0.273 e. The van der Waals surface area contributed by atoms with Crippen LogP contribution in [-0.4, -0.2) is 15.7 Å². The maximum Gasteiger partial charge on any atom is 0.0492 e. The Bertz CT molecular complexity index is 277. The Balaban J connectivity index is 2.52. The first-order valence-electron chi connectivity index (χ1n) is 5.14. The van der Waals surface area contributed by atoms with Crippen LogP contribution in [-0.2, 0) is 13.5 Å². The average Bonchev–Trinajstić information content (AvgIpc) is 2.61. The van der Waals surface area contributed by atoms with Gasteiger partial charge in [0.05, 0.1) is 0 Å². The van der Waals surface area contributed by atoms with E-state index in [0.717, 1.165) is 25.1 Å². The van der Waals surface area contributed by atoms with Gasteiger partial charge < -0.3 is 0 Å². The van der Waals surface area contributed by atoms with Crippen LogP contribution in [0, 0.1) is 5.41 Å². The van der Waals surface area contributed by atoms with E-state index in [-0.39, 0.29) is 5.41 Å². The van der Waals surface area contributed by atoms with Crippen molar-refractivity contribution in [2.45, 2.75) is 33.1 Å². The summed E-state index contributed by atoms with van der Waals surface area (Å²) >= 11 is 5.97. The molecule has 80 valence electrons. The summed E-state index contributed by atoms with van der Waals surface area (Å²) in [5.74, 6) is 0.737. The van der Waals surface area contributed by atoms with E-state index in [2.05, 4.69) is 25.0 Å². The van der Waals surface area contributed by atoms with Crippen LogP contribution in [0.1, 0.15) is 32.4 Å². The predicted molar refractivity (Wildman–Crippen MR) is 60.6 cm³/mol. The van der Waals surface area contributed by atoms with Crippen molar-refractivity contribution in [2.24, 2.45) is 12.5 Å². The first-order chi connectivity index (χ1) is 6.61. The molecule has 1 aromatic rings. The molecule has 0 aliphatic heterocycles. The van der Waals surface area contributed by atoms with Crippen molar-refractivity contribution in [3.63, 3.8) is 0 Å². The lowest BCUT2D eigenvalue weighted by Gasteiger charge is -2.25. The highest BCUT2D eigenvalue weighted by molar-refractivity contribution is 6.18. The molecule has 0 radical (unpaired) electrons. The molecule has 1 heterocycles.